The third-order valence-electron chi connectivity index (χ3n) is 4.49. The fourth-order valence-corrected chi connectivity index (χ4v) is 3.00. The molecule has 9 nitrogen and oxygen atoms in total. The Labute approximate surface area is 145 Å². The van der Waals surface area contributed by atoms with Gasteiger partial charge in [0.2, 0.25) is 0 Å². The third-order valence-corrected chi connectivity index (χ3v) is 4.49. The van der Waals surface area contributed by atoms with E-state index in [1.54, 1.807) is 17.2 Å². The van der Waals surface area contributed by atoms with Gasteiger partial charge in [0.1, 0.15) is 18.0 Å². The predicted molar refractivity (Wildman–Crippen MR) is 92.7 cm³/mol. The molecule has 4 rings (SSSR count). The van der Waals surface area contributed by atoms with Gasteiger partial charge in [0, 0.05) is 52.0 Å². The van der Waals surface area contributed by atoms with Crippen LogP contribution in [0.4, 0.5) is 5.82 Å². The lowest BCUT2D eigenvalue weighted by atomic mass is 10.2. The highest BCUT2D eigenvalue weighted by Gasteiger charge is 2.20. The minimum Gasteiger partial charge on any atom is -0.353 e. The van der Waals surface area contributed by atoms with E-state index in [-0.39, 0.29) is 0 Å². The van der Waals surface area contributed by atoms with Gasteiger partial charge >= 0.3 is 0 Å². The molecule has 3 aromatic rings. The maximum absolute atomic E-state index is 4.76. The van der Waals surface area contributed by atoms with Crippen molar-refractivity contribution in [2.45, 2.75) is 6.54 Å². The van der Waals surface area contributed by atoms with Crippen LogP contribution in [0.15, 0.2) is 31.1 Å². The molecule has 0 unspecified atom stereocenters. The van der Waals surface area contributed by atoms with Gasteiger partial charge in [-0.3, -0.25) is 19.2 Å². The highest BCUT2D eigenvalue weighted by atomic mass is 15.3. The fourth-order valence-electron chi connectivity index (χ4n) is 3.00. The summed E-state index contributed by atoms with van der Waals surface area (Å²) < 4.78 is 3.60. The number of anilines is 1. The van der Waals surface area contributed by atoms with Crippen molar-refractivity contribution in [3.63, 3.8) is 0 Å². The van der Waals surface area contributed by atoms with Crippen molar-refractivity contribution >= 4 is 5.82 Å². The summed E-state index contributed by atoms with van der Waals surface area (Å²) in [7, 11) is 3.83. The monoisotopic (exact) mass is 339 g/mol. The van der Waals surface area contributed by atoms with Crippen LogP contribution >= 0.6 is 0 Å². The lowest BCUT2D eigenvalue weighted by Gasteiger charge is -2.35. The maximum atomic E-state index is 4.76. The Morgan fingerprint density at radius 2 is 1.84 bits per heavy atom. The molecule has 0 bridgehead atoms. The minimum absolute atomic E-state index is 0.825. The van der Waals surface area contributed by atoms with Gasteiger partial charge in [-0.15, -0.1) is 0 Å². The van der Waals surface area contributed by atoms with Crippen LogP contribution in [0.25, 0.3) is 11.3 Å². The third kappa shape index (κ3) is 3.36. The quantitative estimate of drug-likeness (QED) is 0.677. The molecule has 130 valence electrons. The van der Waals surface area contributed by atoms with Gasteiger partial charge in [-0.05, 0) is 0 Å². The largest absolute Gasteiger partial charge is 0.353 e. The molecular formula is C16H21N9. The second-order valence-electron chi connectivity index (χ2n) is 6.23. The second kappa shape index (κ2) is 6.60. The highest BCUT2D eigenvalue weighted by molar-refractivity contribution is 5.58. The Bertz CT molecular complexity index is 845. The fraction of sp³-hybridized carbons (Fsp3) is 0.438. The number of aryl methyl sites for hydroxylation is 2. The van der Waals surface area contributed by atoms with Gasteiger partial charge in [0.15, 0.2) is 0 Å². The van der Waals surface area contributed by atoms with Crippen molar-refractivity contribution in [3.8, 4) is 11.3 Å². The molecule has 0 aromatic carbocycles. The van der Waals surface area contributed by atoms with E-state index < -0.39 is 0 Å². The number of piperazine rings is 1. The smallest absolute Gasteiger partial charge is 0.147 e. The normalized spacial score (nSPS) is 15.7. The van der Waals surface area contributed by atoms with E-state index in [0.717, 1.165) is 55.6 Å². The van der Waals surface area contributed by atoms with Crippen molar-refractivity contribution in [3.05, 3.63) is 36.9 Å². The summed E-state index contributed by atoms with van der Waals surface area (Å²) >= 11 is 0. The number of nitrogens with zero attached hydrogens (tertiary/aromatic N) is 9. The molecule has 0 aliphatic carbocycles. The Kier molecular flexibility index (Phi) is 4.14. The van der Waals surface area contributed by atoms with E-state index in [1.165, 1.54) is 0 Å². The van der Waals surface area contributed by atoms with E-state index >= 15 is 0 Å². The van der Waals surface area contributed by atoms with Crippen molar-refractivity contribution in [1.82, 2.24) is 39.4 Å². The summed E-state index contributed by atoms with van der Waals surface area (Å²) in [5, 5.41) is 8.33. The Morgan fingerprint density at radius 1 is 1.00 bits per heavy atom. The molecule has 0 radical (unpaired) electrons. The van der Waals surface area contributed by atoms with E-state index in [0.29, 0.717) is 0 Å². The first kappa shape index (κ1) is 15.7. The highest BCUT2D eigenvalue weighted by Crippen LogP contribution is 2.19. The lowest BCUT2D eigenvalue weighted by molar-refractivity contribution is 0.240. The van der Waals surface area contributed by atoms with Crippen molar-refractivity contribution < 1.29 is 0 Å². The zero-order chi connectivity index (χ0) is 17.2. The van der Waals surface area contributed by atoms with Crippen LogP contribution in [-0.2, 0) is 20.6 Å². The van der Waals surface area contributed by atoms with Crippen molar-refractivity contribution in [2.75, 3.05) is 31.1 Å². The average Bonchev–Trinajstić information content (AvgIpc) is 3.25. The van der Waals surface area contributed by atoms with Gasteiger partial charge < -0.3 is 4.90 Å². The molecule has 0 spiro atoms. The summed E-state index contributed by atoms with van der Waals surface area (Å²) in [4.78, 5) is 18.1. The molecule has 0 N–H and O–H groups in total. The second-order valence-corrected chi connectivity index (χ2v) is 6.23. The molecule has 1 aliphatic rings. The van der Waals surface area contributed by atoms with Crippen LogP contribution in [0.2, 0.25) is 0 Å². The van der Waals surface area contributed by atoms with Gasteiger partial charge in [-0.2, -0.15) is 10.2 Å². The summed E-state index contributed by atoms with van der Waals surface area (Å²) in [6.45, 7) is 4.59. The lowest BCUT2D eigenvalue weighted by Crippen LogP contribution is -2.46. The van der Waals surface area contributed by atoms with Crippen molar-refractivity contribution in [1.29, 1.82) is 0 Å². The average molecular weight is 339 g/mol. The Morgan fingerprint density at radius 3 is 2.52 bits per heavy atom. The molecule has 9 heteroatoms. The Hall–Kier alpha value is -2.81. The van der Waals surface area contributed by atoms with E-state index in [2.05, 4.69) is 30.0 Å². The van der Waals surface area contributed by atoms with Crippen LogP contribution in [0.5, 0.6) is 0 Å². The standard InChI is InChI=1S/C16H21N9/c1-22-10-13(7-19-22)14-8-17-9-15(21-14)25-5-3-24(4-6-25)11-16-18-12-20-23(16)2/h7-10,12H,3-6,11H2,1-2H3. The molecule has 25 heavy (non-hydrogen) atoms. The number of hydrogen-bond donors (Lipinski definition) is 0. The molecule has 0 amide bonds. The van der Waals surface area contributed by atoms with Crippen LogP contribution in [-0.4, -0.2) is 65.6 Å². The first-order chi connectivity index (χ1) is 12.2. The van der Waals surface area contributed by atoms with Crippen molar-refractivity contribution in [2.24, 2.45) is 14.1 Å². The molecule has 4 heterocycles. The zero-order valence-corrected chi connectivity index (χ0v) is 14.4. The molecule has 1 fully saturated rings. The topological polar surface area (TPSA) is 80.8 Å². The molecule has 3 aromatic heterocycles. The zero-order valence-electron chi connectivity index (χ0n) is 14.4. The van der Waals surface area contributed by atoms with Crippen LogP contribution in [0.1, 0.15) is 5.82 Å². The molecule has 0 atom stereocenters. The van der Waals surface area contributed by atoms with Gasteiger partial charge in [0.05, 0.1) is 30.8 Å². The minimum atomic E-state index is 0.825. The van der Waals surface area contributed by atoms with E-state index in [4.69, 9.17) is 4.98 Å². The molecule has 0 saturated carbocycles. The summed E-state index contributed by atoms with van der Waals surface area (Å²) in [6.07, 6.45) is 8.98. The van der Waals surface area contributed by atoms with Gasteiger partial charge in [-0.1, -0.05) is 0 Å². The summed E-state index contributed by atoms with van der Waals surface area (Å²) in [5.41, 5.74) is 1.84. The van der Waals surface area contributed by atoms with Gasteiger partial charge in [0.25, 0.3) is 0 Å². The maximum Gasteiger partial charge on any atom is 0.147 e. The Balaban J connectivity index is 1.41. The van der Waals surface area contributed by atoms with Crippen LogP contribution in [0.3, 0.4) is 0 Å². The number of rotatable bonds is 4. The van der Waals surface area contributed by atoms with Crippen LogP contribution < -0.4 is 4.90 Å². The molecule has 1 aliphatic heterocycles. The summed E-state index contributed by atoms with van der Waals surface area (Å²) in [5.74, 6) is 1.91. The first-order valence-corrected chi connectivity index (χ1v) is 8.30. The number of hydrogen-bond acceptors (Lipinski definition) is 7. The first-order valence-electron chi connectivity index (χ1n) is 8.30. The number of aromatic nitrogens is 7. The van der Waals surface area contributed by atoms with E-state index in [9.17, 15) is 0 Å². The molecular weight excluding hydrogens is 318 g/mol. The SMILES string of the molecule is Cn1cc(-c2cncc(N3CCN(Cc4ncnn4C)CC3)n2)cn1. The summed E-state index contributed by atoms with van der Waals surface area (Å²) in [6, 6.07) is 0. The van der Waals surface area contributed by atoms with Crippen LogP contribution in [0, 0.1) is 0 Å². The van der Waals surface area contributed by atoms with Gasteiger partial charge in [-0.25, -0.2) is 9.97 Å². The predicted octanol–water partition coefficient (Wildman–Crippen LogP) is 0.328. The van der Waals surface area contributed by atoms with E-state index in [1.807, 2.05) is 37.4 Å². The molecule has 1 saturated heterocycles.